The minimum absolute atomic E-state index is 0.232. The van der Waals surface area contributed by atoms with Crippen LogP contribution in [0.25, 0.3) is 10.2 Å². The summed E-state index contributed by atoms with van der Waals surface area (Å²) < 4.78 is 0. The first kappa shape index (κ1) is 13.5. The molecule has 3 aromatic rings. The minimum Gasteiger partial charge on any atom is -0.210 e. The van der Waals surface area contributed by atoms with Crippen molar-refractivity contribution in [3.63, 3.8) is 0 Å². The Kier molecular flexibility index (Phi) is 3.87. The van der Waals surface area contributed by atoms with Gasteiger partial charge in [0.2, 0.25) is 5.28 Å². The van der Waals surface area contributed by atoms with Crippen LogP contribution in [0.5, 0.6) is 0 Å². The molecule has 0 aliphatic carbocycles. The van der Waals surface area contributed by atoms with E-state index in [0.29, 0.717) is 10.0 Å². The molecule has 7 heteroatoms. The lowest BCUT2D eigenvalue weighted by atomic mass is 10.4. The van der Waals surface area contributed by atoms with Gasteiger partial charge in [0.15, 0.2) is 0 Å². The maximum atomic E-state index is 6.16. The number of fused-ring (bicyclic) bond motifs is 1. The second-order valence-electron chi connectivity index (χ2n) is 3.61. The van der Waals surface area contributed by atoms with E-state index in [9.17, 15) is 0 Å². The zero-order valence-corrected chi connectivity index (χ0v) is 13.1. The highest BCUT2D eigenvalue weighted by Crippen LogP contribution is 2.38. The molecule has 1 aromatic carbocycles. The number of halogens is 3. The SMILES string of the molecule is Clc1ccc(Cl)c(Sc2nc(Cl)nc3sccc23)c1. The van der Waals surface area contributed by atoms with Gasteiger partial charge in [-0.15, -0.1) is 11.3 Å². The van der Waals surface area contributed by atoms with Gasteiger partial charge in [-0.3, -0.25) is 0 Å². The van der Waals surface area contributed by atoms with Crippen molar-refractivity contribution in [1.82, 2.24) is 9.97 Å². The van der Waals surface area contributed by atoms with Crippen LogP contribution in [0.4, 0.5) is 0 Å². The highest BCUT2D eigenvalue weighted by molar-refractivity contribution is 7.99. The topological polar surface area (TPSA) is 25.8 Å². The van der Waals surface area contributed by atoms with Crippen molar-refractivity contribution in [2.75, 3.05) is 0 Å². The molecule has 0 aliphatic heterocycles. The van der Waals surface area contributed by atoms with E-state index >= 15 is 0 Å². The summed E-state index contributed by atoms with van der Waals surface area (Å²) in [5, 5.41) is 5.20. The van der Waals surface area contributed by atoms with Gasteiger partial charge in [-0.2, -0.15) is 0 Å². The molecular formula is C12H5Cl3N2S2. The van der Waals surface area contributed by atoms with Crippen LogP contribution in [-0.4, -0.2) is 9.97 Å². The molecular weight excluding hydrogens is 343 g/mol. The molecule has 0 N–H and O–H groups in total. The summed E-state index contributed by atoms with van der Waals surface area (Å²) in [5.74, 6) is 0. The maximum absolute atomic E-state index is 6.16. The lowest BCUT2D eigenvalue weighted by molar-refractivity contribution is 1.11. The summed E-state index contributed by atoms with van der Waals surface area (Å²) in [6, 6.07) is 7.29. The number of benzene rings is 1. The van der Waals surface area contributed by atoms with Crippen LogP contribution in [-0.2, 0) is 0 Å². The average Bonchev–Trinajstić information content (AvgIpc) is 2.82. The van der Waals surface area contributed by atoms with Gasteiger partial charge in [0.25, 0.3) is 0 Å². The van der Waals surface area contributed by atoms with Gasteiger partial charge in [0, 0.05) is 15.3 Å². The van der Waals surface area contributed by atoms with E-state index in [1.807, 2.05) is 17.5 Å². The molecule has 0 saturated heterocycles. The smallest absolute Gasteiger partial charge is 0.210 e. The van der Waals surface area contributed by atoms with Crippen LogP contribution >= 0.6 is 57.9 Å². The fraction of sp³-hybridized carbons (Fsp3) is 0. The number of thiophene rings is 1. The van der Waals surface area contributed by atoms with Crippen molar-refractivity contribution in [2.45, 2.75) is 9.92 Å². The van der Waals surface area contributed by atoms with Crippen LogP contribution in [0.2, 0.25) is 15.3 Å². The quantitative estimate of drug-likeness (QED) is 0.432. The average molecular weight is 348 g/mol. The highest BCUT2D eigenvalue weighted by Gasteiger charge is 2.11. The molecule has 0 spiro atoms. The van der Waals surface area contributed by atoms with E-state index in [4.69, 9.17) is 34.8 Å². The first-order valence-corrected chi connectivity index (χ1v) is 8.00. The fourth-order valence-electron chi connectivity index (χ4n) is 1.54. The Bertz CT molecular complexity index is 758. The van der Waals surface area contributed by atoms with Gasteiger partial charge in [0.05, 0.1) is 5.02 Å². The molecule has 0 radical (unpaired) electrons. The molecule has 0 aliphatic rings. The summed E-state index contributed by atoms with van der Waals surface area (Å²) in [4.78, 5) is 10.1. The Morgan fingerprint density at radius 2 is 1.89 bits per heavy atom. The maximum Gasteiger partial charge on any atom is 0.224 e. The Morgan fingerprint density at radius 3 is 2.74 bits per heavy atom. The number of rotatable bonds is 2. The standard InChI is InChI=1S/C12H5Cl3N2S2/c13-6-1-2-8(14)9(5-6)19-11-7-3-4-18-10(7)16-12(15)17-11/h1-5H. The molecule has 0 unspecified atom stereocenters. The first-order chi connectivity index (χ1) is 9.13. The number of aromatic nitrogens is 2. The van der Waals surface area contributed by atoms with Gasteiger partial charge in [-0.05, 0) is 41.2 Å². The van der Waals surface area contributed by atoms with Crippen molar-refractivity contribution >= 4 is 68.1 Å². The van der Waals surface area contributed by atoms with E-state index in [-0.39, 0.29) is 5.28 Å². The summed E-state index contributed by atoms with van der Waals surface area (Å²) in [5.41, 5.74) is 0. The zero-order valence-electron chi connectivity index (χ0n) is 9.23. The third-order valence-corrected chi connectivity index (χ3v) is 5.08. The van der Waals surface area contributed by atoms with Gasteiger partial charge < -0.3 is 0 Å². The molecule has 2 aromatic heterocycles. The number of nitrogens with zero attached hydrogens (tertiary/aromatic N) is 2. The summed E-state index contributed by atoms with van der Waals surface area (Å²) in [6.45, 7) is 0. The lowest BCUT2D eigenvalue weighted by Gasteiger charge is -2.05. The van der Waals surface area contributed by atoms with Crippen LogP contribution in [0, 0.1) is 0 Å². The Hall–Kier alpha value is -0.520. The molecule has 0 fully saturated rings. The number of hydrogen-bond donors (Lipinski definition) is 0. The molecule has 96 valence electrons. The largest absolute Gasteiger partial charge is 0.224 e. The van der Waals surface area contributed by atoms with Crippen molar-refractivity contribution in [1.29, 1.82) is 0 Å². The predicted octanol–water partition coefficient (Wildman–Crippen LogP) is 5.80. The second kappa shape index (κ2) is 5.46. The molecule has 0 saturated carbocycles. The molecule has 2 nitrogen and oxygen atoms in total. The van der Waals surface area contributed by atoms with Gasteiger partial charge in [0.1, 0.15) is 9.86 Å². The van der Waals surface area contributed by atoms with E-state index in [1.54, 1.807) is 12.1 Å². The minimum atomic E-state index is 0.232. The molecule has 0 amide bonds. The molecule has 0 bridgehead atoms. The Labute approximate surface area is 132 Å². The summed E-state index contributed by atoms with van der Waals surface area (Å²) in [7, 11) is 0. The van der Waals surface area contributed by atoms with Crippen molar-refractivity contribution < 1.29 is 0 Å². The van der Waals surface area contributed by atoms with Crippen LogP contribution in [0.3, 0.4) is 0 Å². The Balaban J connectivity index is 2.10. The van der Waals surface area contributed by atoms with Crippen molar-refractivity contribution in [2.24, 2.45) is 0 Å². The summed E-state index contributed by atoms with van der Waals surface area (Å²) >= 11 is 21.0. The van der Waals surface area contributed by atoms with Crippen molar-refractivity contribution in [3.8, 4) is 0 Å². The highest BCUT2D eigenvalue weighted by atomic mass is 35.5. The molecule has 19 heavy (non-hydrogen) atoms. The van der Waals surface area contributed by atoms with Gasteiger partial charge >= 0.3 is 0 Å². The Morgan fingerprint density at radius 1 is 1.05 bits per heavy atom. The first-order valence-electron chi connectivity index (χ1n) is 5.17. The third kappa shape index (κ3) is 2.83. The lowest BCUT2D eigenvalue weighted by Crippen LogP contribution is -1.86. The van der Waals surface area contributed by atoms with E-state index in [0.717, 1.165) is 20.1 Å². The number of hydrogen-bond acceptors (Lipinski definition) is 4. The zero-order chi connectivity index (χ0) is 13.4. The van der Waals surface area contributed by atoms with E-state index < -0.39 is 0 Å². The van der Waals surface area contributed by atoms with Crippen molar-refractivity contribution in [3.05, 3.63) is 45.0 Å². The monoisotopic (exact) mass is 346 g/mol. The predicted molar refractivity (Wildman–Crippen MR) is 83.0 cm³/mol. The van der Waals surface area contributed by atoms with E-state index in [1.165, 1.54) is 23.1 Å². The van der Waals surface area contributed by atoms with Crippen LogP contribution in [0.15, 0.2) is 39.6 Å². The van der Waals surface area contributed by atoms with E-state index in [2.05, 4.69) is 9.97 Å². The van der Waals surface area contributed by atoms with Gasteiger partial charge in [-0.25, -0.2) is 9.97 Å². The van der Waals surface area contributed by atoms with Crippen LogP contribution in [0.1, 0.15) is 0 Å². The van der Waals surface area contributed by atoms with Gasteiger partial charge in [-0.1, -0.05) is 35.0 Å². The van der Waals surface area contributed by atoms with Crippen LogP contribution < -0.4 is 0 Å². The molecule has 2 heterocycles. The normalized spacial score (nSPS) is 11.1. The molecule has 0 atom stereocenters. The second-order valence-corrected chi connectivity index (χ2v) is 6.72. The third-order valence-electron chi connectivity index (χ3n) is 2.36. The molecule has 3 rings (SSSR count). The fourth-order valence-corrected chi connectivity index (χ4v) is 4.08. The summed E-state index contributed by atoms with van der Waals surface area (Å²) in [6.07, 6.45) is 0.